The topological polar surface area (TPSA) is 49.9 Å². The molecule has 2 aromatic rings. The zero-order chi connectivity index (χ0) is 13.3. The molecule has 2 rings (SSSR count). The van der Waals surface area contributed by atoms with E-state index in [9.17, 15) is 4.39 Å². The number of aromatic amines is 1. The van der Waals surface area contributed by atoms with E-state index in [4.69, 9.17) is 4.74 Å². The molecule has 1 aromatic heterocycles. The number of H-pyrrole nitrogens is 1. The molecule has 0 aliphatic rings. The second kappa shape index (κ2) is 7.53. The second-order valence-corrected chi connectivity index (χ2v) is 4.19. The lowest BCUT2D eigenvalue weighted by Gasteiger charge is -2.07. The fraction of sp³-hybridized carbons (Fsp3) is 0.357. The Labute approximate surface area is 112 Å². The summed E-state index contributed by atoms with van der Waals surface area (Å²) in [5, 5.41) is 3.29. The van der Waals surface area contributed by atoms with Gasteiger partial charge in [-0.05, 0) is 37.2 Å². The van der Waals surface area contributed by atoms with Crippen molar-refractivity contribution in [3.05, 3.63) is 48.3 Å². The van der Waals surface area contributed by atoms with Crippen LogP contribution in [0.25, 0.3) is 0 Å². The van der Waals surface area contributed by atoms with Gasteiger partial charge in [0.25, 0.3) is 0 Å². The summed E-state index contributed by atoms with van der Waals surface area (Å²) in [7, 11) is 0. The molecule has 1 aromatic carbocycles. The van der Waals surface area contributed by atoms with Gasteiger partial charge in [-0.25, -0.2) is 9.37 Å². The molecule has 0 aliphatic heterocycles. The highest BCUT2D eigenvalue weighted by molar-refractivity contribution is 5.21. The zero-order valence-corrected chi connectivity index (χ0v) is 10.7. The summed E-state index contributed by atoms with van der Waals surface area (Å²) in [6, 6.07) is 6.05. The minimum atomic E-state index is -0.247. The second-order valence-electron chi connectivity index (χ2n) is 4.19. The van der Waals surface area contributed by atoms with Gasteiger partial charge in [-0.3, -0.25) is 0 Å². The van der Waals surface area contributed by atoms with Crippen molar-refractivity contribution in [3.63, 3.8) is 0 Å². The molecule has 5 heteroatoms. The number of ether oxygens (including phenoxy) is 1. The molecule has 0 fully saturated rings. The molecule has 0 spiro atoms. The van der Waals surface area contributed by atoms with Gasteiger partial charge in [0.05, 0.1) is 0 Å². The van der Waals surface area contributed by atoms with E-state index in [1.807, 2.05) is 6.20 Å². The molecule has 102 valence electrons. The van der Waals surface area contributed by atoms with Gasteiger partial charge in [-0.15, -0.1) is 0 Å². The van der Waals surface area contributed by atoms with E-state index in [0.717, 1.165) is 31.8 Å². The SMILES string of the molecule is Fc1ccc(OCCNCCCc2ncc[nH]2)cc1. The number of hydrogen-bond donors (Lipinski definition) is 2. The number of imidazole rings is 1. The minimum absolute atomic E-state index is 0.247. The Morgan fingerprint density at radius 2 is 2.05 bits per heavy atom. The molecule has 0 saturated carbocycles. The van der Waals surface area contributed by atoms with Gasteiger partial charge in [0.1, 0.15) is 24.0 Å². The van der Waals surface area contributed by atoms with E-state index < -0.39 is 0 Å². The van der Waals surface area contributed by atoms with E-state index in [1.165, 1.54) is 12.1 Å². The summed E-state index contributed by atoms with van der Waals surface area (Å²) >= 11 is 0. The summed E-state index contributed by atoms with van der Waals surface area (Å²) in [6.07, 6.45) is 5.57. The van der Waals surface area contributed by atoms with Crippen LogP contribution in [0, 0.1) is 5.82 Å². The third-order valence-electron chi connectivity index (χ3n) is 2.68. The Hall–Kier alpha value is -1.88. The molecule has 0 atom stereocenters. The number of nitrogens with zero attached hydrogens (tertiary/aromatic N) is 1. The van der Waals surface area contributed by atoms with E-state index >= 15 is 0 Å². The van der Waals surface area contributed by atoms with Crippen LogP contribution in [0.4, 0.5) is 4.39 Å². The summed E-state index contributed by atoms with van der Waals surface area (Å²) < 4.78 is 18.1. The van der Waals surface area contributed by atoms with Crippen LogP contribution in [0.1, 0.15) is 12.2 Å². The summed E-state index contributed by atoms with van der Waals surface area (Å²) in [4.78, 5) is 7.23. The van der Waals surface area contributed by atoms with Crippen LogP contribution in [-0.2, 0) is 6.42 Å². The molecule has 0 amide bonds. The van der Waals surface area contributed by atoms with Crippen LogP contribution in [0.2, 0.25) is 0 Å². The maximum absolute atomic E-state index is 12.7. The van der Waals surface area contributed by atoms with Crippen molar-refractivity contribution < 1.29 is 9.13 Å². The number of benzene rings is 1. The van der Waals surface area contributed by atoms with Crippen molar-refractivity contribution in [1.82, 2.24) is 15.3 Å². The van der Waals surface area contributed by atoms with Crippen LogP contribution < -0.4 is 10.1 Å². The van der Waals surface area contributed by atoms with Crippen molar-refractivity contribution in [2.75, 3.05) is 19.7 Å². The molecular weight excluding hydrogens is 245 g/mol. The Morgan fingerprint density at radius 1 is 1.21 bits per heavy atom. The Morgan fingerprint density at radius 3 is 2.79 bits per heavy atom. The summed E-state index contributed by atoms with van der Waals surface area (Å²) in [5.74, 6) is 1.46. The summed E-state index contributed by atoms with van der Waals surface area (Å²) in [5.41, 5.74) is 0. The quantitative estimate of drug-likeness (QED) is 0.717. The van der Waals surface area contributed by atoms with E-state index in [-0.39, 0.29) is 5.82 Å². The molecule has 19 heavy (non-hydrogen) atoms. The third-order valence-corrected chi connectivity index (χ3v) is 2.68. The van der Waals surface area contributed by atoms with Crippen molar-refractivity contribution in [2.24, 2.45) is 0 Å². The van der Waals surface area contributed by atoms with Gasteiger partial charge in [0.2, 0.25) is 0 Å². The van der Waals surface area contributed by atoms with Crippen LogP contribution in [-0.4, -0.2) is 29.7 Å². The number of aryl methyl sites for hydroxylation is 1. The van der Waals surface area contributed by atoms with Crippen molar-refractivity contribution in [3.8, 4) is 5.75 Å². The first-order chi connectivity index (χ1) is 9.34. The van der Waals surface area contributed by atoms with Gasteiger partial charge in [0, 0.05) is 25.4 Å². The number of aromatic nitrogens is 2. The molecular formula is C14H18FN3O. The fourth-order valence-electron chi connectivity index (χ4n) is 1.71. The predicted molar refractivity (Wildman–Crippen MR) is 71.7 cm³/mol. The molecule has 0 radical (unpaired) electrons. The number of nitrogens with one attached hydrogen (secondary N) is 2. The lowest BCUT2D eigenvalue weighted by atomic mass is 10.3. The average Bonchev–Trinajstić information content (AvgIpc) is 2.93. The number of halogens is 1. The predicted octanol–water partition coefficient (Wildman–Crippen LogP) is 2.15. The van der Waals surface area contributed by atoms with E-state index in [2.05, 4.69) is 15.3 Å². The van der Waals surface area contributed by atoms with Gasteiger partial charge in [0.15, 0.2) is 0 Å². The maximum Gasteiger partial charge on any atom is 0.123 e. The first-order valence-corrected chi connectivity index (χ1v) is 6.42. The largest absolute Gasteiger partial charge is 0.492 e. The third kappa shape index (κ3) is 5.09. The molecule has 0 bridgehead atoms. The molecule has 0 unspecified atom stereocenters. The lowest BCUT2D eigenvalue weighted by molar-refractivity contribution is 0.313. The monoisotopic (exact) mass is 263 g/mol. The minimum Gasteiger partial charge on any atom is -0.492 e. The molecule has 0 aliphatic carbocycles. The fourth-order valence-corrected chi connectivity index (χ4v) is 1.71. The maximum atomic E-state index is 12.7. The summed E-state index contributed by atoms with van der Waals surface area (Å²) in [6.45, 7) is 2.27. The highest BCUT2D eigenvalue weighted by atomic mass is 19.1. The van der Waals surface area contributed by atoms with Gasteiger partial charge in [-0.2, -0.15) is 0 Å². The Kier molecular flexibility index (Phi) is 5.37. The molecule has 1 heterocycles. The average molecular weight is 263 g/mol. The van der Waals surface area contributed by atoms with Crippen LogP contribution in [0.15, 0.2) is 36.7 Å². The lowest BCUT2D eigenvalue weighted by Crippen LogP contribution is -2.22. The first kappa shape index (κ1) is 13.5. The van der Waals surface area contributed by atoms with E-state index in [0.29, 0.717) is 12.4 Å². The van der Waals surface area contributed by atoms with Crippen LogP contribution in [0.3, 0.4) is 0 Å². The Balaban J connectivity index is 1.49. The number of hydrogen-bond acceptors (Lipinski definition) is 3. The smallest absolute Gasteiger partial charge is 0.123 e. The highest BCUT2D eigenvalue weighted by Crippen LogP contribution is 2.10. The van der Waals surface area contributed by atoms with Gasteiger partial charge in [-0.1, -0.05) is 0 Å². The standard InChI is InChI=1S/C14H18FN3O/c15-12-3-5-13(6-4-12)19-11-10-16-7-1-2-14-17-8-9-18-14/h3-6,8-9,16H,1-2,7,10-11H2,(H,17,18). The first-order valence-electron chi connectivity index (χ1n) is 6.42. The number of rotatable bonds is 8. The van der Waals surface area contributed by atoms with Crippen molar-refractivity contribution in [2.45, 2.75) is 12.8 Å². The molecule has 0 saturated heterocycles. The molecule has 4 nitrogen and oxygen atoms in total. The van der Waals surface area contributed by atoms with E-state index in [1.54, 1.807) is 18.3 Å². The van der Waals surface area contributed by atoms with Gasteiger partial charge >= 0.3 is 0 Å². The van der Waals surface area contributed by atoms with Crippen LogP contribution in [0.5, 0.6) is 5.75 Å². The van der Waals surface area contributed by atoms with Crippen LogP contribution >= 0.6 is 0 Å². The van der Waals surface area contributed by atoms with Crippen molar-refractivity contribution in [1.29, 1.82) is 0 Å². The highest BCUT2D eigenvalue weighted by Gasteiger charge is 1.96. The molecule has 2 N–H and O–H groups in total. The zero-order valence-electron chi connectivity index (χ0n) is 10.7. The van der Waals surface area contributed by atoms with Gasteiger partial charge < -0.3 is 15.0 Å². The Bertz CT molecular complexity index is 456. The normalized spacial score (nSPS) is 10.6. The van der Waals surface area contributed by atoms with Crippen molar-refractivity contribution >= 4 is 0 Å².